The molecule has 0 atom stereocenters. The maximum atomic E-state index is 12.9. The molecule has 0 spiro atoms. The number of carboxylic acid groups (broad SMARTS) is 1. The predicted octanol–water partition coefficient (Wildman–Crippen LogP) is 4.57. The molecule has 1 N–H and O–H groups in total. The maximum absolute atomic E-state index is 12.9. The number of hydrogen-bond acceptors (Lipinski definition) is 2. The molecular formula is C21H22O3Zn. The Morgan fingerprint density at radius 3 is 2.04 bits per heavy atom. The molecule has 2 aromatic rings. The molecule has 0 fully saturated rings. The Morgan fingerprint density at radius 1 is 0.880 bits per heavy atom. The number of benzene rings is 2. The van der Waals surface area contributed by atoms with E-state index in [9.17, 15) is 14.7 Å². The molecule has 0 radical (unpaired) electrons. The first-order valence-corrected chi connectivity index (χ1v) is 8.15. The van der Waals surface area contributed by atoms with Gasteiger partial charge in [-0.2, -0.15) is 0 Å². The van der Waals surface area contributed by atoms with Crippen LogP contribution in [0.25, 0.3) is 0 Å². The van der Waals surface area contributed by atoms with Gasteiger partial charge >= 0.3 is 5.97 Å². The Balaban J connectivity index is 0.00000225. The number of carbonyl (C=O) groups excluding carboxylic acids is 1. The molecule has 0 saturated carbocycles. The Morgan fingerprint density at radius 2 is 1.44 bits per heavy atom. The second-order valence-corrected chi connectivity index (χ2v) is 7.88. The van der Waals surface area contributed by atoms with Crippen molar-refractivity contribution in [2.24, 2.45) is 0 Å². The van der Waals surface area contributed by atoms with Gasteiger partial charge in [0.2, 0.25) is 0 Å². The molecule has 0 amide bonds. The minimum atomic E-state index is -1.08. The van der Waals surface area contributed by atoms with Crippen LogP contribution in [-0.2, 0) is 30.3 Å². The number of fused-ring (bicyclic) bond motifs is 1. The molecule has 3 nitrogen and oxygen atoms in total. The molecular weight excluding hydrogens is 366 g/mol. The third kappa shape index (κ3) is 3.33. The number of hydrogen-bond donors (Lipinski definition) is 1. The Labute approximate surface area is 161 Å². The van der Waals surface area contributed by atoms with Gasteiger partial charge in [-0.3, -0.25) is 4.79 Å². The third-order valence-corrected chi connectivity index (χ3v) is 5.03. The molecule has 1 aliphatic carbocycles. The van der Waals surface area contributed by atoms with Crippen LogP contribution in [0.1, 0.15) is 71.5 Å². The number of aromatic carboxylic acids is 1. The summed E-state index contributed by atoms with van der Waals surface area (Å²) in [6.45, 7) is 8.84. The molecule has 25 heavy (non-hydrogen) atoms. The van der Waals surface area contributed by atoms with E-state index in [0.29, 0.717) is 5.56 Å². The van der Waals surface area contributed by atoms with Crippen LogP contribution in [0, 0.1) is 0 Å². The van der Waals surface area contributed by atoms with Crippen LogP contribution in [0.15, 0.2) is 42.5 Å². The summed E-state index contributed by atoms with van der Waals surface area (Å²) >= 11 is 0. The Hall–Kier alpha value is -1.80. The summed E-state index contributed by atoms with van der Waals surface area (Å²) in [7, 11) is 0. The number of ketones is 1. The number of carboxylic acids is 1. The van der Waals surface area contributed by atoms with Crippen LogP contribution in [0.4, 0.5) is 0 Å². The van der Waals surface area contributed by atoms with Gasteiger partial charge in [0, 0.05) is 30.6 Å². The van der Waals surface area contributed by atoms with Crippen LogP contribution in [0.3, 0.4) is 0 Å². The normalized spacial score (nSPS) is 16.6. The first-order chi connectivity index (χ1) is 11.1. The van der Waals surface area contributed by atoms with Crippen molar-refractivity contribution >= 4 is 11.8 Å². The summed E-state index contributed by atoms with van der Waals surface area (Å²) in [5.74, 6) is -1.32. The van der Waals surface area contributed by atoms with Crippen molar-refractivity contribution in [3.05, 3.63) is 70.3 Å². The molecule has 2 aromatic carbocycles. The van der Waals surface area contributed by atoms with Gasteiger partial charge < -0.3 is 5.11 Å². The van der Waals surface area contributed by atoms with Crippen LogP contribution in [0.2, 0.25) is 0 Å². The van der Waals surface area contributed by atoms with E-state index in [1.165, 1.54) is 17.2 Å². The summed E-state index contributed by atoms with van der Waals surface area (Å²) in [6.07, 6.45) is 1.03. The van der Waals surface area contributed by atoms with Crippen molar-refractivity contribution in [3.8, 4) is 0 Å². The average Bonchev–Trinajstić information content (AvgIpc) is 2.71. The van der Waals surface area contributed by atoms with Gasteiger partial charge in [0.05, 0.1) is 5.56 Å². The van der Waals surface area contributed by atoms with Gasteiger partial charge in [0.15, 0.2) is 5.78 Å². The summed E-state index contributed by atoms with van der Waals surface area (Å²) in [5, 5.41) is 9.32. The van der Waals surface area contributed by atoms with E-state index in [-0.39, 0.29) is 47.2 Å². The SMILES string of the molecule is CC1(C)CC(C)(C)c2cc(C(=O)c3ccccc3C(=O)O)ccc21.[Zn]. The van der Waals surface area contributed by atoms with Crippen LogP contribution < -0.4 is 0 Å². The molecule has 126 valence electrons. The van der Waals surface area contributed by atoms with E-state index >= 15 is 0 Å². The van der Waals surface area contributed by atoms with Crippen molar-refractivity contribution in [2.45, 2.75) is 44.9 Å². The first kappa shape index (κ1) is 19.5. The number of carbonyl (C=O) groups is 2. The molecule has 0 bridgehead atoms. The second-order valence-electron chi connectivity index (χ2n) is 7.88. The van der Waals surface area contributed by atoms with E-state index < -0.39 is 5.97 Å². The average molecular weight is 388 g/mol. The fraction of sp³-hybridized carbons (Fsp3) is 0.333. The van der Waals surface area contributed by atoms with Gasteiger partial charge in [-0.05, 0) is 40.5 Å². The fourth-order valence-corrected chi connectivity index (χ4v) is 4.15. The zero-order valence-electron chi connectivity index (χ0n) is 15.2. The van der Waals surface area contributed by atoms with Crippen molar-refractivity contribution in [3.63, 3.8) is 0 Å². The standard InChI is InChI=1S/C21H22O3.Zn/c1-20(2)12-21(3,4)17-11-13(9-10-16(17)20)18(22)14-7-5-6-8-15(14)19(23)24;/h5-11H,12H2,1-4H3,(H,23,24);. The van der Waals surface area contributed by atoms with E-state index in [1.807, 2.05) is 18.2 Å². The molecule has 0 saturated heterocycles. The van der Waals surface area contributed by atoms with Crippen molar-refractivity contribution < 1.29 is 34.2 Å². The van der Waals surface area contributed by atoms with E-state index in [0.717, 1.165) is 6.42 Å². The summed E-state index contributed by atoms with van der Waals surface area (Å²) in [4.78, 5) is 24.3. The molecule has 0 unspecified atom stereocenters. The minimum Gasteiger partial charge on any atom is -0.478 e. The molecule has 0 aliphatic heterocycles. The topological polar surface area (TPSA) is 54.4 Å². The second kappa shape index (κ2) is 6.50. The fourth-order valence-electron chi connectivity index (χ4n) is 4.15. The van der Waals surface area contributed by atoms with Gasteiger partial charge in [0.25, 0.3) is 0 Å². The van der Waals surface area contributed by atoms with Crippen molar-refractivity contribution in [2.75, 3.05) is 0 Å². The molecule has 4 heteroatoms. The molecule has 0 heterocycles. The molecule has 1 aliphatic rings. The Bertz CT molecular complexity index is 850. The Kier molecular flexibility index (Phi) is 5.07. The largest absolute Gasteiger partial charge is 0.478 e. The minimum absolute atomic E-state index is 0. The summed E-state index contributed by atoms with van der Waals surface area (Å²) < 4.78 is 0. The summed E-state index contributed by atoms with van der Waals surface area (Å²) in [5.41, 5.74) is 3.37. The van der Waals surface area contributed by atoms with Gasteiger partial charge in [-0.15, -0.1) is 0 Å². The van der Waals surface area contributed by atoms with Gasteiger partial charge in [-0.1, -0.05) is 58.0 Å². The van der Waals surface area contributed by atoms with Crippen LogP contribution >= 0.6 is 0 Å². The maximum Gasteiger partial charge on any atom is 0.336 e. The predicted molar refractivity (Wildman–Crippen MR) is 93.9 cm³/mol. The molecule has 0 aromatic heterocycles. The number of rotatable bonds is 3. The molecule has 3 rings (SSSR count). The smallest absolute Gasteiger partial charge is 0.336 e. The zero-order valence-corrected chi connectivity index (χ0v) is 18.2. The van der Waals surface area contributed by atoms with E-state index in [4.69, 9.17) is 0 Å². The first-order valence-electron chi connectivity index (χ1n) is 8.15. The monoisotopic (exact) mass is 386 g/mol. The van der Waals surface area contributed by atoms with Gasteiger partial charge in [0.1, 0.15) is 0 Å². The van der Waals surface area contributed by atoms with Gasteiger partial charge in [-0.25, -0.2) is 4.79 Å². The van der Waals surface area contributed by atoms with Crippen LogP contribution in [0.5, 0.6) is 0 Å². The van der Waals surface area contributed by atoms with E-state index in [2.05, 4.69) is 27.7 Å². The van der Waals surface area contributed by atoms with E-state index in [1.54, 1.807) is 18.2 Å². The quantitative estimate of drug-likeness (QED) is 0.620. The van der Waals surface area contributed by atoms with Crippen molar-refractivity contribution in [1.82, 2.24) is 0 Å². The van der Waals surface area contributed by atoms with Crippen LogP contribution in [-0.4, -0.2) is 16.9 Å². The summed E-state index contributed by atoms with van der Waals surface area (Å²) in [6, 6.07) is 12.2. The third-order valence-electron chi connectivity index (χ3n) is 5.03. The van der Waals surface area contributed by atoms with Crippen molar-refractivity contribution in [1.29, 1.82) is 0 Å². The zero-order chi connectivity index (χ0) is 17.7.